The van der Waals surface area contributed by atoms with Gasteiger partial charge in [-0.15, -0.1) is 11.3 Å². The van der Waals surface area contributed by atoms with Crippen LogP contribution in [-0.4, -0.2) is 21.2 Å². The minimum Gasteiger partial charge on any atom is -0.392 e. The second-order valence-electron chi connectivity index (χ2n) is 3.35. The zero-order valence-corrected chi connectivity index (χ0v) is 9.02. The Balaban J connectivity index is 1.90. The van der Waals surface area contributed by atoms with Gasteiger partial charge in [0.05, 0.1) is 11.1 Å². The summed E-state index contributed by atoms with van der Waals surface area (Å²) in [6.07, 6.45) is 6.15. The fourth-order valence-electron chi connectivity index (χ4n) is 1.42. The van der Waals surface area contributed by atoms with Crippen LogP contribution in [0.5, 0.6) is 0 Å². The van der Waals surface area contributed by atoms with Crippen molar-refractivity contribution in [3.8, 4) is 0 Å². The third-order valence-electron chi connectivity index (χ3n) is 2.09. The third kappa shape index (κ3) is 3.11. The molecule has 4 heteroatoms. The van der Waals surface area contributed by atoms with E-state index in [0.29, 0.717) is 12.8 Å². The molecule has 1 N–H and O–H groups in total. The van der Waals surface area contributed by atoms with Crippen LogP contribution in [0.2, 0.25) is 0 Å². The third-order valence-corrected chi connectivity index (χ3v) is 2.89. The van der Waals surface area contributed by atoms with E-state index >= 15 is 0 Å². The van der Waals surface area contributed by atoms with Gasteiger partial charge in [-0.2, -0.15) is 0 Å². The first-order chi connectivity index (χ1) is 7.34. The summed E-state index contributed by atoms with van der Waals surface area (Å²) in [7, 11) is 0. The van der Waals surface area contributed by atoms with Crippen LogP contribution in [0.3, 0.4) is 0 Å². The summed E-state index contributed by atoms with van der Waals surface area (Å²) in [4.78, 5) is 8.15. The fraction of sp³-hybridized carbons (Fsp3) is 0.273. The first kappa shape index (κ1) is 10.3. The van der Waals surface area contributed by atoms with Crippen LogP contribution in [-0.2, 0) is 12.8 Å². The van der Waals surface area contributed by atoms with Gasteiger partial charge in [-0.25, -0.2) is 4.98 Å². The lowest BCUT2D eigenvalue weighted by atomic mass is 10.1. The van der Waals surface area contributed by atoms with E-state index in [1.807, 2.05) is 17.5 Å². The number of aliphatic hydroxyl groups is 1. The van der Waals surface area contributed by atoms with Crippen molar-refractivity contribution in [2.45, 2.75) is 18.9 Å². The molecule has 2 aromatic heterocycles. The fourth-order valence-corrected chi connectivity index (χ4v) is 2.11. The van der Waals surface area contributed by atoms with Crippen molar-refractivity contribution in [2.24, 2.45) is 0 Å². The van der Waals surface area contributed by atoms with E-state index in [9.17, 15) is 5.11 Å². The summed E-state index contributed by atoms with van der Waals surface area (Å²) in [5, 5.41) is 12.7. The maximum Gasteiger partial charge on any atom is 0.0950 e. The van der Waals surface area contributed by atoms with E-state index in [1.54, 1.807) is 29.9 Å². The van der Waals surface area contributed by atoms with Gasteiger partial charge in [-0.1, -0.05) is 6.07 Å². The van der Waals surface area contributed by atoms with Crippen LogP contribution in [0.4, 0.5) is 0 Å². The molecule has 0 saturated heterocycles. The van der Waals surface area contributed by atoms with Crippen molar-refractivity contribution < 1.29 is 5.11 Å². The molecular formula is C11H12N2OS. The molecule has 0 aliphatic carbocycles. The van der Waals surface area contributed by atoms with Gasteiger partial charge in [0.25, 0.3) is 0 Å². The zero-order chi connectivity index (χ0) is 10.5. The Kier molecular flexibility index (Phi) is 3.42. The highest BCUT2D eigenvalue weighted by Crippen LogP contribution is 2.10. The van der Waals surface area contributed by atoms with Crippen LogP contribution < -0.4 is 0 Å². The van der Waals surface area contributed by atoms with Crippen molar-refractivity contribution in [2.75, 3.05) is 0 Å². The SMILES string of the molecule is OC(Cc1cccnc1)Cc1nccs1. The Morgan fingerprint density at radius 2 is 2.27 bits per heavy atom. The minimum absolute atomic E-state index is 0.375. The number of hydrogen-bond donors (Lipinski definition) is 1. The Morgan fingerprint density at radius 1 is 1.33 bits per heavy atom. The quantitative estimate of drug-likeness (QED) is 0.852. The van der Waals surface area contributed by atoms with Crippen molar-refractivity contribution in [1.82, 2.24) is 9.97 Å². The lowest BCUT2D eigenvalue weighted by molar-refractivity contribution is 0.175. The molecule has 78 valence electrons. The predicted molar refractivity (Wildman–Crippen MR) is 59.8 cm³/mol. The molecule has 0 bridgehead atoms. The number of aliphatic hydroxyl groups excluding tert-OH is 1. The van der Waals surface area contributed by atoms with Crippen LogP contribution in [0.1, 0.15) is 10.6 Å². The molecule has 1 atom stereocenters. The van der Waals surface area contributed by atoms with Crippen molar-refractivity contribution in [3.63, 3.8) is 0 Å². The van der Waals surface area contributed by atoms with Crippen LogP contribution >= 0.6 is 11.3 Å². The summed E-state index contributed by atoms with van der Waals surface area (Å²) >= 11 is 1.58. The normalized spacial score (nSPS) is 12.6. The van der Waals surface area contributed by atoms with E-state index in [0.717, 1.165) is 10.6 Å². The van der Waals surface area contributed by atoms with E-state index in [4.69, 9.17) is 0 Å². The van der Waals surface area contributed by atoms with Gasteiger partial charge in [-0.05, 0) is 11.6 Å². The molecular weight excluding hydrogens is 208 g/mol. The highest BCUT2D eigenvalue weighted by Gasteiger charge is 2.08. The van der Waals surface area contributed by atoms with E-state index < -0.39 is 0 Å². The molecule has 0 fully saturated rings. The topological polar surface area (TPSA) is 46.0 Å². The largest absolute Gasteiger partial charge is 0.392 e. The number of rotatable bonds is 4. The molecule has 3 nitrogen and oxygen atoms in total. The lowest BCUT2D eigenvalue weighted by Crippen LogP contribution is -2.13. The van der Waals surface area contributed by atoms with Gasteiger partial charge >= 0.3 is 0 Å². The van der Waals surface area contributed by atoms with Gasteiger partial charge < -0.3 is 5.11 Å². The predicted octanol–water partition coefficient (Wildman–Crippen LogP) is 1.68. The summed E-state index contributed by atoms with van der Waals surface area (Å²) < 4.78 is 0. The molecule has 2 heterocycles. The smallest absolute Gasteiger partial charge is 0.0950 e. The average Bonchev–Trinajstić information content (AvgIpc) is 2.71. The van der Waals surface area contributed by atoms with Gasteiger partial charge in [0.15, 0.2) is 0 Å². The second-order valence-corrected chi connectivity index (χ2v) is 4.33. The van der Waals surface area contributed by atoms with Crippen molar-refractivity contribution in [3.05, 3.63) is 46.7 Å². The maximum atomic E-state index is 9.81. The summed E-state index contributed by atoms with van der Waals surface area (Å²) in [6, 6.07) is 3.85. The molecule has 0 spiro atoms. The van der Waals surface area contributed by atoms with E-state index in [1.165, 1.54) is 0 Å². The molecule has 0 radical (unpaired) electrons. The van der Waals surface area contributed by atoms with Gasteiger partial charge in [0.2, 0.25) is 0 Å². The van der Waals surface area contributed by atoms with Crippen LogP contribution in [0, 0.1) is 0 Å². The van der Waals surface area contributed by atoms with Gasteiger partial charge in [-0.3, -0.25) is 4.98 Å². The molecule has 0 amide bonds. The first-order valence-electron chi connectivity index (χ1n) is 4.80. The average molecular weight is 220 g/mol. The monoisotopic (exact) mass is 220 g/mol. The van der Waals surface area contributed by atoms with Gasteiger partial charge in [0, 0.05) is 36.8 Å². The maximum absolute atomic E-state index is 9.81. The molecule has 15 heavy (non-hydrogen) atoms. The molecule has 0 aromatic carbocycles. The standard InChI is InChI=1S/C11H12N2OS/c14-10(7-11-13-4-5-15-11)6-9-2-1-3-12-8-9/h1-5,8,10,14H,6-7H2. The number of hydrogen-bond acceptors (Lipinski definition) is 4. The number of thiazole rings is 1. The van der Waals surface area contributed by atoms with Crippen LogP contribution in [0.25, 0.3) is 0 Å². The molecule has 2 rings (SSSR count). The summed E-state index contributed by atoms with van der Waals surface area (Å²) in [5.74, 6) is 0. The molecule has 1 unspecified atom stereocenters. The Morgan fingerprint density at radius 3 is 2.93 bits per heavy atom. The number of aromatic nitrogens is 2. The molecule has 0 saturated carbocycles. The zero-order valence-electron chi connectivity index (χ0n) is 8.21. The van der Waals surface area contributed by atoms with Crippen molar-refractivity contribution >= 4 is 11.3 Å². The van der Waals surface area contributed by atoms with Crippen molar-refractivity contribution in [1.29, 1.82) is 0 Å². The number of nitrogens with zero attached hydrogens (tertiary/aromatic N) is 2. The van der Waals surface area contributed by atoms with Gasteiger partial charge in [0.1, 0.15) is 0 Å². The lowest BCUT2D eigenvalue weighted by Gasteiger charge is -2.07. The first-order valence-corrected chi connectivity index (χ1v) is 5.68. The van der Waals surface area contributed by atoms with E-state index in [-0.39, 0.29) is 6.10 Å². The minimum atomic E-state index is -0.375. The Hall–Kier alpha value is -1.26. The van der Waals surface area contributed by atoms with Crippen LogP contribution in [0.15, 0.2) is 36.1 Å². The second kappa shape index (κ2) is 5.00. The summed E-state index contributed by atoms with van der Waals surface area (Å²) in [6.45, 7) is 0. The Labute approximate surface area is 92.5 Å². The Bertz CT molecular complexity index is 388. The molecule has 0 aliphatic heterocycles. The highest BCUT2D eigenvalue weighted by atomic mass is 32.1. The van der Waals surface area contributed by atoms with E-state index in [2.05, 4.69) is 9.97 Å². The molecule has 2 aromatic rings. The molecule has 0 aliphatic rings. The number of pyridine rings is 1. The highest BCUT2D eigenvalue weighted by molar-refractivity contribution is 7.09. The summed E-state index contributed by atoms with van der Waals surface area (Å²) in [5.41, 5.74) is 1.06.